The number of hydrogen-bond acceptors (Lipinski definition) is 4. The van der Waals surface area contributed by atoms with Crippen LogP contribution in [0.3, 0.4) is 0 Å². The Hall–Kier alpha value is -0.940. The zero-order valence-corrected chi connectivity index (χ0v) is 22.7. The first-order valence-corrected chi connectivity index (χ1v) is 15.0. The van der Waals surface area contributed by atoms with Crippen molar-refractivity contribution in [3.05, 3.63) is 0 Å². The second-order valence-electron chi connectivity index (χ2n) is 14.1. The fourth-order valence-corrected chi connectivity index (χ4v) is 10.5. The summed E-state index contributed by atoms with van der Waals surface area (Å²) < 4.78 is 0. The van der Waals surface area contributed by atoms with Crippen LogP contribution < -0.4 is 5.32 Å². The Bertz CT molecular complexity index is 845. The molecule has 3 aliphatic carbocycles. The van der Waals surface area contributed by atoms with Gasteiger partial charge in [0.1, 0.15) is 0 Å². The smallest absolute Gasteiger partial charge is 0.219 e. The topological polar surface area (TPSA) is 52.7 Å². The number of nitrogens with zero attached hydrogens (tertiary/aromatic N) is 2. The van der Waals surface area contributed by atoms with E-state index >= 15 is 0 Å². The van der Waals surface area contributed by atoms with Gasteiger partial charge in [-0.05, 0) is 113 Å². The van der Waals surface area contributed by atoms with Crippen molar-refractivity contribution in [2.75, 3.05) is 20.1 Å². The Morgan fingerprint density at radius 3 is 2.60 bits per heavy atom. The molecule has 196 valence electrons. The molecule has 3 heterocycles. The van der Waals surface area contributed by atoms with Crippen molar-refractivity contribution < 1.29 is 9.59 Å². The minimum absolute atomic E-state index is 0.270. The molecule has 5 heteroatoms. The molecule has 35 heavy (non-hydrogen) atoms. The van der Waals surface area contributed by atoms with E-state index in [1.807, 2.05) is 0 Å². The highest BCUT2D eigenvalue weighted by Gasteiger charge is 2.59. The summed E-state index contributed by atoms with van der Waals surface area (Å²) in [4.78, 5) is 31.0. The summed E-state index contributed by atoms with van der Waals surface area (Å²) in [6.07, 6.45) is 12.9. The molecule has 11 atom stereocenters. The summed E-state index contributed by atoms with van der Waals surface area (Å²) in [6.45, 7) is 8.64. The highest BCUT2D eigenvalue weighted by Crippen LogP contribution is 2.54. The minimum atomic E-state index is -0.280. The van der Waals surface area contributed by atoms with Gasteiger partial charge < -0.3 is 15.1 Å². The van der Waals surface area contributed by atoms with Crippen molar-refractivity contribution in [3.8, 4) is 0 Å². The number of amides is 1. The van der Waals surface area contributed by atoms with Crippen LogP contribution >= 0.6 is 0 Å². The molecule has 6 rings (SSSR count). The summed E-state index contributed by atoms with van der Waals surface area (Å²) in [7, 11) is 2.33. The third-order valence-corrected chi connectivity index (χ3v) is 11.8. The number of rotatable bonds is 2. The van der Waals surface area contributed by atoms with Crippen LogP contribution in [-0.2, 0) is 9.59 Å². The Kier molecular flexibility index (Phi) is 6.35. The number of piperidine rings is 3. The maximum Gasteiger partial charge on any atom is 0.219 e. The lowest BCUT2D eigenvalue weighted by Crippen LogP contribution is -2.72. The van der Waals surface area contributed by atoms with E-state index in [4.69, 9.17) is 0 Å². The second kappa shape index (κ2) is 9.11. The SMILES string of the molecule is CC(=O)N1CCCC2[C@@H](C[C@H]3CCC(=O)[C@@]4(C[C@@H]5C[C@@H](C)C[C@H]6[C@@H]5C[C@@H]4CN6C)N3)C[C@H](C)C[C@@H]21. The molecule has 5 nitrogen and oxygen atoms in total. The first-order valence-electron chi connectivity index (χ1n) is 15.0. The number of carbonyl (C=O) groups is 2. The molecule has 1 spiro atoms. The zero-order valence-electron chi connectivity index (χ0n) is 22.7. The quantitative estimate of drug-likeness (QED) is 0.629. The Morgan fingerprint density at radius 2 is 1.80 bits per heavy atom. The predicted octanol–water partition coefficient (Wildman–Crippen LogP) is 4.50. The van der Waals surface area contributed by atoms with E-state index in [0.717, 1.165) is 56.7 Å². The van der Waals surface area contributed by atoms with Gasteiger partial charge in [0.15, 0.2) is 5.78 Å². The Balaban J connectivity index is 1.22. The van der Waals surface area contributed by atoms with Gasteiger partial charge in [-0.2, -0.15) is 0 Å². The lowest BCUT2D eigenvalue weighted by Gasteiger charge is -2.61. The van der Waals surface area contributed by atoms with Crippen molar-refractivity contribution in [1.29, 1.82) is 0 Å². The average molecular weight is 484 g/mol. The Labute approximate surface area is 213 Å². The molecule has 1 unspecified atom stereocenters. The van der Waals surface area contributed by atoms with E-state index in [1.54, 1.807) is 6.92 Å². The molecule has 6 aliphatic rings. The molecule has 0 aromatic carbocycles. The lowest BCUT2D eigenvalue weighted by molar-refractivity contribution is -0.146. The van der Waals surface area contributed by atoms with E-state index < -0.39 is 0 Å². The molecule has 1 N–H and O–H groups in total. The minimum Gasteiger partial charge on any atom is -0.340 e. The van der Waals surface area contributed by atoms with Gasteiger partial charge in [-0.3, -0.25) is 9.59 Å². The molecule has 1 amide bonds. The largest absolute Gasteiger partial charge is 0.340 e. The van der Waals surface area contributed by atoms with Gasteiger partial charge in [0.2, 0.25) is 5.91 Å². The van der Waals surface area contributed by atoms with Crippen LogP contribution in [0.25, 0.3) is 0 Å². The van der Waals surface area contributed by atoms with Crippen LogP contribution in [0.4, 0.5) is 0 Å². The fraction of sp³-hybridized carbons (Fsp3) is 0.933. The lowest BCUT2D eigenvalue weighted by atomic mass is 9.53. The van der Waals surface area contributed by atoms with Crippen molar-refractivity contribution in [2.24, 2.45) is 41.4 Å². The maximum atomic E-state index is 13.7. The molecule has 0 radical (unpaired) electrons. The summed E-state index contributed by atoms with van der Waals surface area (Å²) in [5.41, 5.74) is -0.280. The number of carbonyl (C=O) groups excluding carboxylic acids is 2. The van der Waals surface area contributed by atoms with Crippen LogP contribution in [0, 0.1) is 41.4 Å². The molecular formula is C30H49N3O2. The van der Waals surface area contributed by atoms with Crippen LogP contribution in [0.2, 0.25) is 0 Å². The van der Waals surface area contributed by atoms with Crippen LogP contribution in [0.5, 0.6) is 0 Å². The first kappa shape index (κ1) is 24.4. The number of hydrogen-bond donors (Lipinski definition) is 1. The third-order valence-electron chi connectivity index (χ3n) is 11.8. The third kappa shape index (κ3) is 4.11. The standard InChI is InChI=1S/C30H49N3O2/c1-18-10-21(25-6-5-9-33(20(3)34)28(25)13-18)14-24-7-8-29(35)30(31-24)16-22-11-19(2)12-27-26(22)15-23(30)17-32(27)4/h18-19,21-28,31H,5-17H2,1-4H3/t18-,19+,21+,22-,23+,24+,25?,26+,27-,28-,30-/m0/s1. The van der Waals surface area contributed by atoms with Gasteiger partial charge in [-0.1, -0.05) is 13.8 Å². The monoisotopic (exact) mass is 483 g/mol. The van der Waals surface area contributed by atoms with Gasteiger partial charge in [0.25, 0.3) is 0 Å². The molecule has 0 aromatic heterocycles. The number of Topliss-reactive ketones (excluding diaryl/α,β-unsaturated/α-hetero) is 1. The molecular weight excluding hydrogens is 434 g/mol. The van der Waals surface area contributed by atoms with Crippen molar-refractivity contribution in [2.45, 2.75) is 115 Å². The summed E-state index contributed by atoms with van der Waals surface area (Å²) in [5, 5.41) is 4.15. The van der Waals surface area contributed by atoms with Gasteiger partial charge in [-0.15, -0.1) is 0 Å². The fourth-order valence-electron chi connectivity index (χ4n) is 10.5. The molecule has 6 fully saturated rings. The van der Waals surface area contributed by atoms with Gasteiger partial charge in [0.05, 0.1) is 5.54 Å². The Morgan fingerprint density at radius 1 is 1.03 bits per heavy atom. The molecule has 0 aromatic rings. The van der Waals surface area contributed by atoms with Crippen LogP contribution in [0.1, 0.15) is 91.4 Å². The summed E-state index contributed by atoms with van der Waals surface area (Å²) in [6, 6.07) is 1.64. The maximum absolute atomic E-state index is 13.7. The van der Waals surface area contributed by atoms with Crippen LogP contribution in [0.15, 0.2) is 0 Å². The predicted molar refractivity (Wildman–Crippen MR) is 139 cm³/mol. The number of ketones is 1. The summed E-state index contributed by atoms with van der Waals surface area (Å²) >= 11 is 0. The number of fused-ring (bicyclic) bond motifs is 3. The zero-order chi connectivity index (χ0) is 24.5. The van der Waals surface area contributed by atoms with E-state index in [-0.39, 0.29) is 11.4 Å². The van der Waals surface area contributed by atoms with Crippen molar-refractivity contribution in [1.82, 2.24) is 15.1 Å². The van der Waals surface area contributed by atoms with E-state index in [0.29, 0.717) is 47.5 Å². The first-order chi connectivity index (χ1) is 16.7. The highest BCUT2D eigenvalue weighted by atomic mass is 16.2. The highest BCUT2D eigenvalue weighted by molar-refractivity contribution is 5.90. The normalized spacial score (nSPS) is 50.2. The van der Waals surface area contributed by atoms with Gasteiger partial charge >= 0.3 is 0 Å². The van der Waals surface area contributed by atoms with E-state index in [1.165, 1.54) is 44.9 Å². The molecule has 3 saturated heterocycles. The number of likely N-dealkylation sites (tertiary alicyclic amines) is 2. The summed E-state index contributed by atoms with van der Waals surface area (Å²) in [5.74, 6) is 5.58. The van der Waals surface area contributed by atoms with Gasteiger partial charge in [0, 0.05) is 44.6 Å². The van der Waals surface area contributed by atoms with Crippen LogP contribution in [-0.4, -0.2) is 65.3 Å². The van der Waals surface area contributed by atoms with Gasteiger partial charge in [-0.25, -0.2) is 0 Å². The second-order valence-corrected chi connectivity index (χ2v) is 14.1. The molecule has 3 saturated carbocycles. The molecule has 3 aliphatic heterocycles. The van der Waals surface area contributed by atoms with E-state index in [9.17, 15) is 9.59 Å². The average Bonchev–Trinajstić information content (AvgIpc) is 2.81. The number of nitrogens with one attached hydrogen (secondary N) is 1. The van der Waals surface area contributed by atoms with Crippen molar-refractivity contribution >= 4 is 11.7 Å². The molecule has 2 bridgehead atoms. The van der Waals surface area contributed by atoms with Crippen molar-refractivity contribution in [3.63, 3.8) is 0 Å². The van der Waals surface area contributed by atoms with E-state index in [2.05, 4.69) is 36.0 Å².